The number of esters is 1. The quantitative estimate of drug-likeness (QED) is 0.374. The Labute approximate surface area is 232 Å². The molecule has 0 N–H and O–H groups in total. The minimum absolute atomic E-state index is 0. The number of rotatable bonds is 7. The molecule has 1 spiro atoms. The van der Waals surface area contributed by atoms with Crippen molar-refractivity contribution in [2.75, 3.05) is 31.3 Å². The average molecular weight is 536 g/mol. The average Bonchev–Trinajstić information content (AvgIpc) is 3.17. The van der Waals surface area contributed by atoms with Crippen LogP contribution in [-0.4, -0.2) is 59.6 Å². The van der Waals surface area contributed by atoms with Gasteiger partial charge in [0.2, 0.25) is 0 Å². The second-order valence-corrected chi connectivity index (χ2v) is 10.6. The van der Waals surface area contributed by atoms with Gasteiger partial charge in [-0.2, -0.15) is 0 Å². The van der Waals surface area contributed by atoms with Crippen molar-refractivity contribution in [3.63, 3.8) is 0 Å². The summed E-state index contributed by atoms with van der Waals surface area (Å²) in [6.07, 6.45) is 1.44. The molecule has 0 aromatic heterocycles. The van der Waals surface area contributed by atoms with Gasteiger partial charge in [0.15, 0.2) is 0 Å². The predicted molar refractivity (Wildman–Crippen MR) is 154 cm³/mol. The van der Waals surface area contributed by atoms with E-state index in [1.165, 1.54) is 16.3 Å². The molecule has 6 nitrogen and oxygen atoms in total. The Morgan fingerprint density at radius 1 is 0.947 bits per heavy atom. The van der Waals surface area contributed by atoms with Crippen LogP contribution in [0, 0.1) is 5.92 Å². The first-order valence-corrected chi connectivity index (χ1v) is 13.4. The van der Waals surface area contributed by atoms with Crippen molar-refractivity contribution in [1.29, 1.82) is 0 Å². The fourth-order valence-corrected chi connectivity index (χ4v) is 6.11. The van der Waals surface area contributed by atoms with Crippen LogP contribution in [-0.2, 0) is 20.9 Å². The molecule has 2 saturated heterocycles. The molecule has 1 atom stereocenters. The number of hydrogen-bond acceptors (Lipinski definition) is 5. The van der Waals surface area contributed by atoms with Crippen LogP contribution in [0.1, 0.15) is 39.2 Å². The van der Waals surface area contributed by atoms with Gasteiger partial charge in [0.1, 0.15) is 11.6 Å². The fraction of sp³-hybridized carbons (Fsp3) is 0.419. The van der Waals surface area contributed by atoms with Gasteiger partial charge < -0.3 is 14.5 Å². The Hall–Kier alpha value is -3.09. The topological polar surface area (TPSA) is 53.1 Å². The number of piperidine rings is 1. The molecule has 3 aromatic rings. The van der Waals surface area contributed by atoms with E-state index in [4.69, 9.17) is 4.74 Å². The third-order valence-electron chi connectivity index (χ3n) is 7.99. The van der Waals surface area contributed by atoms with Crippen LogP contribution in [0.3, 0.4) is 0 Å². The summed E-state index contributed by atoms with van der Waals surface area (Å²) in [4.78, 5) is 33.6. The molecular formula is C31H38ClN3O3. The summed E-state index contributed by atoms with van der Waals surface area (Å²) in [5.74, 6) is -0.306. The van der Waals surface area contributed by atoms with Gasteiger partial charge in [-0.1, -0.05) is 74.5 Å². The summed E-state index contributed by atoms with van der Waals surface area (Å²) in [5.41, 5.74) is 1.68. The molecule has 2 heterocycles. The van der Waals surface area contributed by atoms with Gasteiger partial charge in [0, 0.05) is 25.3 Å². The highest BCUT2D eigenvalue weighted by Gasteiger charge is 2.56. The SMILES string of the molecule is CCOC(=O)C(C(C)C)N1CN(c2ccccc2)C2(CCN(Cc3cccc4ccccc34)CC2)C1=O.Cl. The maximum atomic E-state index is 14.2. The molecule has 0 radical (unpaired) electrons. The lowest BCUT2D eigenvalue weighted by Gasteiger charge is -2.43. The Bertz CT molecular complexity index is 1250. The highest BCUT2D eigenvalue weighted by Crippen LogP contribution is 2.41. The van der Waals surface area contributed by atoms with Crippen molar-refractivity contribution < 1.29 is 14.3 Å². The van der Waals surface area contributed by atoms with E-state index in [1.807, 2.05) is 39.0 Å². The third-order valence-corrected chi connectivity index (χ3v) is 7.99. The van der Waals surface area contributed by atoms with E-state index < -0.39 is 11.6 Å². The Morgan fingerprint density at radius 3 is 2.29 bits per heavy atom. The summed E-state index contributed by atoms with van der Waals surface area (Å²) in [5, 5.41) is 2.54. The van der Waals surface area contributed by atoms with Gasteiger partial charge >= 0.3 is 5.97 Å². The number of anilines is 1. The number of fused-ring (bicyclic) bond motifs is 1. The van der Waals surface area contributed by atoms with Gasteiger partial charge in [-0.3, -0.25) is 9.69 Å². The van der Waals surface area contributed by atoms with Crippen LogP contribution in [0.15, 0.2) is 72.8 Å². The van der Waals surface area contributed by atoms with Gasteiger partial charge in [-0.05, 0) is 54.2 Å². The molecule has 7 heteroatoms. The Kier molecular flexibility index (Phi) is 8.64. The van der Waals surface area contributed by atoms with E-state index >= 15 is 0 Å². The van der Waals surface area contributed by atoms with E-state index in [0.29, 0.717) is 13.3 Å². The van der Waals surface area contributed by atoms with Gasteiger partial charge in [-0.25, -0.2) is 4.79 Å². The zero-order valence-corrected chi connectivity index (χ0v) is 23.3. The first kappa shape index (κ1) is 27.9. The summed E-state index contributed by atoms with van der Waals surface area (Å²) in [6.45, 7) is 8.98. The number of hydrogen-bond donors (Lipinski definition) is 0. The van der Waals surface area contributed by atoms with Crippen LogP contribution in [0.2, 0.25) is 0 Å². The summed E-state index contributed by atoms with van der Waals surface area (Å²) in [7, 11) is 0. The molecule has 1 unspecified atom stereocenters. The molecule has 38 heavy (non-hydrogen) atoms. The normalized spacial score (nSPS) is 18.2. The fourth-order valence-electron chi connectivity index (χ4n) is 6.11. The van der Waals surface area contributed by atoms with E-state index in [-0.39, 0.29) is 30.2 Å². The molecular weight excluding hydrogens is 498 g/mol. The number of amides is 1. The highest BCUT2D eigenvalue weighted by atomic mass is 35.5. The standard InChI is InChI=1S/C31H37N3O3.ClH/c1-4-37-29(35)28(23(2)3)33-22-34(26-14-6-5-7-15-26)31(30(33)36)17-19-32(20-18-31)21-25-13-10-12-24-11-8-9-16-27(24)25;/h5-16,23,28H,4,17-22H2,1-3H3;1H. The molecule has 202 valence electrons. The summed E-state index contributed by atoms with van der Waals surface area (Å²) < 4.78 is 5.40. The molecule has 0 saturated carbocycles. The van der Waals surface area contributed by atoms with Gasteiger partial charge in [-0.15, -0.1) is 12.4 Å². The van der Waals surface area contributed by atoms with Crippen molar-refractivity contribution in [2.45, 2.75) is 51.7 Å². The van der Waals surface area contributed by atoms with Crippen molar-refractivity contribution in [2.24, 2.45) is 5.92 Å². The molecule has 2 fully saturated rings. The van der Waals surface area contributed by atoms with Crippen molar-refractivity contribution in [1.82, 2.24) is 9.80 Å². The number of likely N-dealkylation sites (tertiary alicyclic amines) is 1. The number of ether oxygens (including phenoxy) is 1. The minimum Gasteiger partial charge on any atom is -0.464 e. The maximum Gasteiger partial charge on any atom is 0.329 e. The first-order valence-electron chi connectivity index (χ1n) is 13.4. The number of benzene rings is 3. The summed E-state index contributed by atoms with van der Waals surface area (Å²) in [6, 6.07) is 24.6. The molecule has 0 bridgehead atoms. The number of carbonyl (C=O) groups is 2. The molecule has 3 aromatic carbocycles. The Balaban J connectivity index is 0.00000336. The van der Waals surface area contributed by atoms with Crippen LogP contribution in [0.5, 0.6) is 0 Å². The smallest absolute Gasteiger partial charge is 0.329 e. The van der Waals surface area contributed by atoms with Gasteiger partial charge in [0.05, 0.1) is 13.3 Å². The molecule has 2 aliphatic heterocycles. The zero-order chi connectivity index (χ0) is 26.0. The van der Waals surface area contributed by atoms with E-state index in [0.717, 1.165) is 38.2 Å². The predicted octanol–water partition coefficient (Wildman–Crippen LogP) is 5.49. The van der Waals surface area contributed by atoms with E-state index in [2.05, 4.69) is 64.4 Å². The lowest BCUT2D eigenvalue weighted by molar-refractivity contribution is -0.156. The molecule has 5 rings (SSSR count). The third kappa shape index (κ3) is 5.12. The van der Waals surface area contributed by atoms with Gasteiger partial charge in [0.25, 0.3) is 5.91 Å². The molecule has 0 aliphatic carbocycles. The van der Waals surface area contributed by atoms with Crippen LogP contribution in [0.25, 0.3) is 10.8 Å². The number of halogens is 1. The highest BCUT2D eigenvalue weighted by molar-refractivity contribution is 5.96. The van der Waals surface area contributed by atoms with Crippen molar-refractivity contribution in [3.05, 3.63) is 78.4 Å². The number of para-hydroxylation sites is 1. The number of carbonyl (C=O) groups excluding carboxylic acids is 2. The lowest BCUT2D eigenvalue weighted by atomic mass is 9.84. The maximum absolute atomic E-state index is 14.2. The van der Waals surface area contributed by atoms with Crippen LogP contribution in [0.4, 0.5) is 5.69 Å². The summed E-state index contributed by atoms with van der Waals surface area (Å²) >= 11 is 0. The number of nitrogens with zero attached hydrogens (tertiary/aromatic N) is 3. The van der Waals surface area contributed by atoms with E-state index in [9.17, 15) is 9.59 Å². The second kappa shape index (κ2) is 11.7. The zero-order valence-electron chi connectivity index (χ0n) is 22.5. The monoisotopic (exact) mass is 535 g/mol. The van der Waals surface area contributed by atoms with Crippen LogP contribution >= 0.6 is 12.4 Å². The van der Waals surface area contributed by atoms with Crippen LogP contribution < -0.4 is 4.90 Å². The minimum atomic E-state index is -0.657. The van der Waals surface area contributed by atoms with Crippen molar-refractivity contribution >= 4 is 40.7 Å². The lowest BCUT2D eigenvalue weighted by Crippen LogP contribution is -2.57. The van der Waals surface area contributed by atoms with E-state index in [1.54, 1.807) is 4.90 Å². The first-order chi connectivity index (χ1) is 17.9. The molecule has 2 aliphatic rings. The Morgan fingerprint density at radius 2 is 1.61 bits per heavy atom. The largest absolute Gasteiger partial charge is 0.464 e. The second-order valence-electron chi connectivity index (χ2n) is 10.6. The van der Waals surface area contributed by atoms with Crippen molar-refractivity contribution in [3.8, 4) is 0 Å². The molecule has 1 amide bonds.